The van der Waals surface area contributed by atoms with Crippen molar-refractivity contribution in [2.75, 3.05) is 0 Å². The van der Waals surface area contributed by atoms with Gasteiger partial charge in [-0.25, -0.2) is 4.68 Å². The number of hydrogen-bond donors (Lipinski definition) is 0. The first-order valence-corrected chi connectivity index (χ1v) is 5.16. The Bertz CT molecular complexity index is 476. The van der Waals surface area contributed by atoms with Crippen LogP contribution in [0.1, 0.15) is 18.2 Å². The molecule has 4 nitrogen and oxygen atoms in total. The van der Waals surface area contributed by atoms with E-state index >= 15 is 0 Å². The zero-order valence-electron chi connectivity index (χ0n) is 9.13. The van der Waals surface area contributed by atoms with Crippen LogP contribution < -0.4 is 0 Å². The molecule has 0 aliphatic heterocycles. The minimum Gasteiger partial charge on any atom is -0.300 e. The number of carbonyl (C=O) groups is 1. The Hall–Kier alpha value is -1.97. The number of carbonyl (C=O) groups excluding carboxylic acids is 1. The van der Waals surface area contributed by atoms with Gasteiger partial charge in [-0.05, 0) is 12.5 Å². The van der Waals surface area contributed by atoms with Gasteiger partial charge in [-0.2, -0.15) is 0 Å². The summed E-state index contributed by atoms with van der Waals surface area (Å²) in [6.07, 6.45) is 2.17. The van der Waals surface area contributed by atoms with E-state index in [4.69, 9.17) is 0 Å². The van der Waals surface area contributed by atoms with Gasteiger partial charge in [0.15, 0.2) is 0 Å². The molecule has 0 radical (unpaired) electrons. The third-order valence-electron chi connectivity index (χ3n) is 2.20. The molecule has 0 unspecified atom stereocenters. The Labute approximate surface area is 93.9 Å². The molecule has 0 bridgehead atoms. The number of benzene rings is 1. The molecule has 0 atom stereocenters. The van der Waals surface area contributed by atoms with Crippen molar-refractivity contribution in [1.29, 1.82) is 0 Å². The van der Waals surface area contributed by atoms with Crippen LogP contribution in [0.5, 0.6) is 0 Å². The van der Waals surface area contributed by atoms with Gasteiger partial charge < -0.3 is 0 Å². The van der Waals surface area contributed by atoms with E-state index in [9.17, 15) is 4.79 Å². The zero-order chi connectivity index (χ0) is 11.4. The summed E-state index contributed by atoms with van der Waals surface area (Å²) in [5.74, 6) is 0.103. The highest BCUT2D eigenvalue weighted by molar-refractivity contribution is 5.77. The van der Waals surface area contributed by atoms with E-state index in [1.54, 1.807) is 11.6 Å². The normalized spacial score (nSPS) is 10.3. The molecular formula is C12H13N3O. The van der Waals surface area contributed by atoms with E-state index in [1.807, 2.05) is 36.5 Å². The molecule has 0 saturated heterocycles. The van der Waals surface area contributed by atoms with Gasteiger partial charge in [0.25, 0.3) is 0 Å². The average Bonchev–Trinajstić information content (AvgIpc) is 2.66. The van der Waals surface area contributed by atoms with Crippen LogP contribution in [0.2, 0.25) is 0 Å². The summed E-state index contributed by atoms with van der Waals surface area (Å²) in [5, 5.41) is 7.92. The predicted octanol–water partition coefficient (Wildman–Crippen LogP) is 1.46. The maximum absolute atomic E-state index is 10.9. The fourth-order valence-electron chi connectivity index (χ4n) is 1.52. The lowest BCUT2D eigenvalue weighted by Gasteiger charge is -1.99. The van der Waals surface area contributed by atoms with Crippen molar-refractivity contribution >= 4 is 5.78 Å². The fourth-order valence-corrected chi connectivity index (χ4v) is 1.52. The quantitative estimate of drug-likeness (QED) is 0.775. The summed E-state index contributed by atoms with van der Waals surface area (Å²) in [5.41, 5.74) is 1.89. The van der Waals surface area contributed by atoms with Crippen LogP contribution >= 0.6 is 0 Å². The van der Waals surface area contributed by atoms with Crippen molar-refractivity contribution in [3.8, 4) is 0 Å². The van der Waals surface area contributed by atoms with Gasteiger partial charge in [0.1, 0.15) is 5.78 Å². The molecule has 0 saturated carbocycles. The molecular weight excluding hydrogens is 202 g/mol. The van der Waals surface area contributed by atoms with Crippen molar-refractivity contribution in [3.63, 3.8) is 0 Å². The topological polar surface area (TPSA) is 47.8 Å². The molecule has 1 aromatic heterocycles. The molecule has 0 fully saturated rings. The first-order valence-electron chi connectivity index (χ1n) is 5.16. The van der Waals surface area contributed by atoms with Crippen molar-refractivity contribution in [1.82, 2.24) is 15.0 Å². The van der Waals surface area contributed by atoms with Crippen LogP contribution in [0.15, 0.2) is 36.5 Å². The molecule has 1 heterocycles. The van der Waals surface area contributed by atoms with Gasteiger partial charge in [-0.15, -0.1) is 5.10 Å². The van der Waals surface area contributed by atoms with Crippen LogP contribution in [0.4, 0.5) is 0 Å². The van der Waals surface area contributed by atoms with E-state index in [0.29, 0.717) is 13.0 Å². The lowest BCUT2D eigenvalue weighted by Crippen LogP contribution is -2.00. The zero-order valence-corrected chi connectivity index (χ0v) is 9.13. The Morgan fingerprint density at radius 1 is 1.31 bits per heavy atom. The second-order valence-electron chi connectivity index (χ2n) is 3.77. The van der Waals surface area contributed by atoms with Crippen LogP contribution in [0.25, 0.3) is 0 Å². The summed E-state index contributed by atoms with van der Waals surface area (Å²) < 4.78 is 1.74. The minimum atomic E-state index is 0.103. The van der Waals surface area contributed by atoms with Gasteiger partial charge in [0.2, 0.25) is 0 Å². The van der Waals surface area contributed by atoms with E-state index in [1.165, 1.54) is 5.56 Å². The van der Waals surface area contributed by atoms with E-state index in [0.717, 1.165) is 5.69 Å². The van der Waals surface area contributed by atoms with Crippen molar-refractivity contribution < 1.29 is 4.79 Å². The number of rotatable bonds is 4. The number of hydrogen-bond acceptors (Lipinski definition) is 3. The van der Waals surface area contributed by atoms with E-state index in [-0.39, 0.29) is 5.78 Å². The standard InChI is InChI=1S/C12H13N3O/c1-10(16)7-12-9-15(14-13-12)8-11-5-3-2-4-6-11/h2-6,9H,7-8H2,1H3. The van der Waals surface area contributed by atoms with Crippen LogP contribution in [-0.4, -0.2) is 20.8 Å². The number of aromatic nitrogens is 3. The Balaban J connectivity index is 2.06. The maximum Gasteiger partial charge on any atom is 0.135 e. The average molecular weight is 215 g/mol. The number of Topliss-reactive ketones (excluding diaryl/α,β-unsaturated/α-hetero) is 1. The summed E-state index contributed by atoms with van der Waals surface area (Å²) in [4.78, 5) is 10.9. The molecule has 16 heavy (non-hydrogen) atoms. The highest BCUT2D eigenvalue weighted by atomic mass is 16.1. The maximum atomic E-state index is 10.9. The van der Waals surface area contributed by atoms with Gasteiger partial charge in [0, 0.05) is 6.20 Å². The van der Waals surface area contributed by atoms with Crippen molar-refractivity contribution in [3.05, 3.63) is 47.8 Å². The van der Waals surface area contributed by atoms with Gasteiger partial charge in [0.05, 0.1) is 18.7 Å². The second-order valence-corrected chi connectivity index (χ2v) is 3.77. The van der Waals surface area contributed by atoms with Crippen LogP contribution in [0.3, 0.4) is 0 Å². The Morgan fingerprint density at radius 2 is 2.06 bits per heavy atom. The molecule has 82 valence electrons. The molecule has 0 N–H and O–H groups in total. The summed E-state index contributed by atoms with van der Waals surface area (Å²) in [7, 11) is 0. The fraction of sp³-hybridized carbons (Fsp3) is 0.250. The molecule has 2 rings (SSSR count). The highest BCUT2D eigenvalue weighted by Gasteiger charge is 2.03. The molecule has 0 spiro atoms. The smallest absolute Gasteiger partial charge is 0.135 e. The van der Waals surface area contributed by atoms with Crippen LogP contribution in [0, 0.1) is 0 Å². The molecule has 0 aliphatic rings. The third-order valence-corrected chi connectivity index (χ3v) is 2.20. The molecule has 2 aromatic rings. The van der Waals surface area contributed by atoms with Gasteiger partial charge in [-0.1, -0.05) is 35.5 Å². The predicted molar refractivity (Wildman–Crippen MR) is 60.0 cm³/mol. The van der Waals surface area contributed by atoms with E-state index in [2.05, 4.69) is 10.3 Å². The van der Waals surface area contributed by atoms with Crippen LogP contribution in [-0.2, 0) is 17.8 Å². The lowest BCUT2D eigenvalue weighted by atomic mass is 10.2. The summed E-state index contributed by atoms with van der Waals surface area (Å²) in [6.45, 7) is 2.24. The Kier molecular flexibility index (Phi) is 3.10. The van der Waals surface area contributed by atoms with Gasteiger partial charge >= 0.3 is 0 Å². The number of nitrogens with zero attached hydrogens (tertiary/aromatic N) is 3. The lowest BCUT2D eigenvalue weighted by molar-refractivity contribution is -0.116. The largest absolute Gasteiger partial charge is 0.300 e. The first-order chi connectivity index (χ1) is 7.74. The highest BCUT2D eigenvalue weighted by Crippen LogP contribution is 2.02. The summed E-state index contributed by atoms with van der Waals surface area (Å²) >= 11 is 0. The molecule has 0 aliphatic carbocycles. The van der Waals surface area contributed by atoms with Crippen molar-refractivity contribution in [2.45, 2.75) is 19.9 Å². The minimum absolute atomic E-state index is 0.103. The molecule has 4 heteroatoms. The monoisotopic (exact) mass is 215 g/mol. The second kappa shape index (κ2) is 4.70. The van der Waals surface area contributed by atoms with E-state index < -0.39 is 0 Å². The van der Waals surface area contributed by atoms with Gasteiger partial charge in [-0.3, -0.25) is 4.79 Å². The third kappa shape index (κ3) is 2.76. The van der Waals surface area contributed by atoms with Crippen molar-refractivity contribution in [2.24, 2.45) is 0 Å². The molecule has 1 aromatic carbocycles. The first kappa shape index (κ1) is 10.5. The molecule has 0 amide bonds. The summed E-state index contributed by atoms with van der Waals surface area (Å²) in [6, 6.07) is 10.0. The number of ketones is 1. The SMILES string of the molecule is CC(=O)Cc1cn(Cc2ccccc2)nn1. The Morgan fingerprint density at radius 3 is 2.75 bits per heavy atom.